The summed E-state index contributed by atoms with van der Waals surface area (Å²) in [6, 6.07) is 9.56. The second-order valence-electron chi connectivity index (χ2n) is 5.19. The second-order valence-corrected chi connectivity index (χ2v) is 5.19. The molecular formula is C19H24O5. The van der Waals surface area contributed by atoms with Gasteiger partial charge in [0.1, 0.15) is 28.7 Å². The first kappa shape index (κ1) is 17.8. The molecule has 0 aliphatic rings. The van der Waals surface area contributed by atoms with E-state index in [2.05, 4.69) is 0 Å². The van der Waals surface area contributed by atoms with E-state index >= 15 is 0 Å². The topological polar surface area (TPSA) is 46.2 Å². The molecule has 0 aliphatic carbocycles. The Morgan fingerprint density at radius 3 is 1.62 bits per heavy atom. The van der Waals surface area contributed by atoms with Crippen LogP contribution in [-0.2, 0) is 12.8 Å². The van der Waals surface area contributed by atoms with Crippen LogP contribution >= 0.6 is 0 Å². The molecule has 0 spiro atoms. The fourth-order valence-corrected chi connectivity index (χ4v) is 2.64. The lowest BCUT2D eigenvalue weighted by atomic mass is 10.0. The summed E-state index contributed by atoms with van der Waals surface area (Å²) < 4.78 is 27.0. The number of hydrogen-bond donors (Lipinski definition) is 0. The monoisotopic (exact) mass is 332 g/mol. The molecule has 0 atom stereocenters. The van der Waals surface area contributed by atoms with Gasteiger partial charge in [-0.05, 0) is 24.5 Å². The largest absolute Gasteiger partial charge is 0.497 e. The summed E-state index contributed by atoms with van der Waals surface area (Å²) in [6.45, 7) is 0. The summed E-state index contributed by atoms with van der Waals surface area (Å²) in [6.07, 6.45) is 1.53. The summed E-state index contributed by atoms with van der Waals surface area (Å²) in [7, 11) is 8.21. The van der Waals surface area contributed by atoms with Crippen LogP contribution in [0.25, 0.3) is 0 Å². The molecular weight excluding hydrogens is 308 g/mol. The molecule has 0 saturated heterocycles. The van der Waals surface area contributed by atoms with Crippen LogP contribution in [-0.4, -0.2) is 35.5 Å². The zero-order valence-electron chi connectivity index (χ0n) is 14.8. The van der Waals surface area contributed by atoms with Gasteiger partial charge in [0, 0.05) is 23.8 Å². The third kappa shape index (κ3) is 3.85. The van der Waals surface area contributed by atoms with Crippen molar-refractivity contribution in [2.45, 2.75) is 12.8 Å². The summed E-state index contributed by atoms with van der Waals surface area (Å²) >= 11 is 0. The van der Waals surface area contributed by atoms with E-state index in [9.17, 15) is 0 Å². The number of benzene rings is 2. The Morgan fingerprint density at radius 2 is 1.12 bits per heavy atom. The van der Waals surface area contributed by atoms with Crippen LogP contribution in [0.5, 0.6) is 28.7 Å². The van der Waals surface area contributed by atoms with Gasteiger partial charge in [0.15, 0.2) is 0 Å². The van der Waals surface area contributed by atoms with E-state index in [0.717, 1.165) is 47.0 Å². The van der Waals surface area contributed by atoms with Gasteiger partial charge in [0.05, 0.1) is 35.5 Å². The Morgan fingerprint density at radius 1 is 0.583 bits per heavy atom. The lowest BCUT2D eigenvalue weighted by molar-refractivity contribution is 0.368. The summed E-state index contributed by atoms with van der Waals surface area (Å²) in [5.41, 5.74) is 2.09. The van der Waals surface area contributed by atoms with E-state index in [0.29, 0.717) is 5.75 Å². The molecule has 0 unspecified atom stereocenters. The van der Waals surface area contributed by atoms with Crippen LogP contribution in [0.3, 0.4) is 0 Å². The minimum Gasteiger partial charge on any atom is -0.497 e. The highest BCUT2D eigenvalue weighted by Crippen LogP contribution is 2.35. The van der Waals surface area contributed by atoms with Crippen molar-refractivity contribution in [2.24, 2.45) is 0 Å². The zero-order chi connectivity index (χ0) is 17.5. The molecule has 0 fully saturated rings. The smallest absolute Gasteiger partial charge is 0.129 e. The Hall–Kier alpha value is -2.56. The van der Waals surface area contributed by atoms with Gasteiger partial charge in [-0.3, -0.25) is 0 Å². The van der Waals surface area contributed by atoms with Crippen molar-refractivity contribution in [3.8, 4) is 28.7 Å². The van der Waals surface area contributed by atoms with Crippen LogP contribution in [0.15, 0.2) is 30.3 Å². The average Bonchev–Trinajstić information content (AvgIpc) is 2.65. The fraction of sp³-hybridized carbons (Fsp3) is 0.368. The molecule has 2 aromatic carbocycles. The average molecular weight is 332 g/mol. The van der Waals surface area contributed by atoms with Gasteiger partial charge in [-0.15, -0.1) is 0 Å². The molecule has 24 heavy (non-hydrogen) atoms. The van der Waals surface area contributed by atoms with E-state index in [1.54, 1.807) is 35.5 Å². The molecule has 5 heteroatoms. The summed E-state index contributed by atoms with van der Waals surface area (Å²) in [5, 5.41) is 0. The molecule has 130 valence electrons. The van der Waals surface area contributed by atoms with Gasteiger partial charge in [0.2, 0.25) is 0 Å². The first-order chi connectivity index (χ1) is 11.7. The van der Waals surface area contributed by atoms with Gasteiger partial charge in [-0.25, -0.2) is 0 Å². The van der Waals surface area contributed by atoms with Gasteiger partial charge < -0.3 is 23.7 Å². The van der Waals surface area contributed by atoms with E-state index < -0.39 is 0 Å². The molecule has 5 nitrogen and oxygen atoms in total. The lowest BCUT2D eigenvalue weighted by Crippen LogP contribution is -2.01. The zero-order valence-corrected chi connectivity index (χ0v) is 14.8. The standard InChI is InChI=1S/C19H24O5/c1-20-14-8-6-13(17(10-14)22-3)7-9-16-18(23-4)11-15(21-2)12-19(16)24-5/h6,8,10-12H,7,9H2,1-5H3. The third-order valence-electron chi connectivity index (χ3n) is 3.96. The summed E-state index contributed by atoms with van der Waals surface area (Å²) in [4.78, 5) is 0. The van der Waals surface area contributed by atoms with Gasteiger partial charge in [0.25, 0.3) is 0 Å². The highest BCUT2D eigenvalue weighted by atomic mass is 16.5. The van der Waals surface area contributed by atoms with E-state index in [-0.39, 0.29) is 0 Å². The highest BCUT2D eigenvalue weighted by Gasteiger charge is 2.14. The second kappa shape index (κ2) is 8.34. The first-order valence-electron chi connectivity index (χ1n) is 7.66. The Kier molecular flexibility index (Phi) is 6.18. The number of rotatable bonds is 8. The Bertz CT molecular complexity index is 656. The van der Waals surface area contributed by atoms with Crippen molar-refractivity contribution >= 4 is 0 Å². The quantitative estimate of drug-likeness (QED) is 0.740. The fourth-order valence-electron chi connectivity index (χ4n) is 2.64. The van der Waals surface area contributed by atoms with Crippen LogP contribution in [0.4, 0.5) is 0 Å². The van der Waals surface area contributed by atoms with E-state index in [1.807, 2.05) is 30.3 Å². The molecule has 0 bridgehead atoms. The molecule has 0 aliphatic heterocycles. The van der Waals surface area contributed by atoms with Crippen molar-refractivity contribution in [3.05, 3.63) is 41.5 Å². The van der Waals surface area contributed by atoms with Crippen LogP contribution in [0.1, 0.15) is 11.1 Å². The van der Waals surface area contributed by atoms with Crippen molar-refractivity contribution in [1.82, 2.24) is 0 Å². The molecule has 0 heterocycles. The van der Waals surface area contributed by atoms with Crippen LogP contribution in [0, 0.1) is 0 Å². The first-order valence-corrected chi connectivity index (χ1v) is 7.66. The maximum absolute atomic E-state index is 5.50. The summed E-state index contributed by atoms with van der Waals surface area (Å²) in [5.74, 6) is 3.78. The number of methoxy groups -OCH3 is 5. The van der Waals surface area contributed by atoms with Gasteiger partial charge >= 0.3 is 0 Å². The SMILES string of the molecule is COc1ccc(CCc2c(OC)cc(OC)cc2OC)c(OC)c1. The van der Waals surface area contributed by atoms with Crippen molar-refractivity contribution in [2.75, 3.05) is 35.5 Å². The van der Waals surface area contributed by atoms with Crippen LogP contribution in [0.2, 0.25) is 0 Å². The molecule has 2 aromatic rings. The lowest BCUT2D eigenvalue weighted by Gasteiger charge is -2.16. The minimum absolute atomic E-state index is 0.703. The predicted molar refractivity (Wildman–Crippen MR) is 93.1 cm³/mol. The van der Waals surface area contributed by atoms with E-state index in [4.69, 9.17) is 23.7 Å². The van der Waals surface area contributed by atoms with Crippen molar-refractivity contribution in [3.63, 3.8) is 0 Å². The van der Waals surface area contributed by atoms with E-state index in [1.165, 1.54) is 0 Å². The van der Waals surface area contributed by atoms with Crippen LogP contribution < -0.4 is 23.7 Å². The van der Waals surface area contributed by atoms with Gasteiger partial charge in [-0.1, -0.05) is 6.07 Å². The molecule has 0 N–H and O–H groups in total. The molecule has 0 aromatic heterocycles. The Labute approximate surface area is 143 Å². The molecule has 0 amide bonds. The number of aryl methyl sites for hydroxylation is 1. The third-order valence-corrected chi connectivity index (χ3v) is 3.96. The number of hydrogen-bond acceptors (Lipinski definition) is 5. The molecule has 0 saturated carbocycles. The predicted octanol–water partition coefficient (Wildman–Crippen LogP) is 3.51. The van der Waals surface area contributed by atoms with Gasteiger partial charge in [-0.2, -0.15) is 0 Å². The molecule has 0 radical (unpaired) electrons. The Balaban J connectivity index is 2.28. The number of ether oxygens (including phenoxy) is 5. The maximum atomic E-state index is 5.50. The minimum atomic E-state index is 0.703. The highest BCUT2D eigenvalue weighted by molar-refractivity contribution is 5.51. The normalized spacial score (nSPS) is 10.2. The molecule has 2 rings (SSSR count). The maximum Gasteiger partial charge on any atom is 0.129 e. The van der Waals surface area contributed by atoms with Crippen molar-refractivity contribution in [1.29, 1.82) is 0 Å². The van der Waals surface area contributed by atoms with Crippen molar-refractivity contribution < 1.29 is 23.7 Å².